The zero-order chi connectivity index (χ0) is 26.0. The molecule has 7 heteroatoms. The van der Waals surface area contributed by atoms with Crippen LogP contribution < -0.4 is 16.0 Å². The minimum Gasteiger partial charge on any atom is -0.494 e. The Morgan fingerprint density at radius 3 is 2.17 bits per heavy atom. The van der Waals surface area contributed by atoms with E-state index in [1.54, 1.807) is 19.9 Å². The van der Waals surface area contributed by atoms with E-state index in [0.717, 1.165) is 5.56 Å². The largest absolute Gasteiger partial charge is 0.494 e. The molecule has 0 aliphatic rings. The maximum Gasteiger partial charge on any atom is 0.259 e. The summed E-state index contributed by atoms with van der Waals surface area (Å²) in [6.45, 7) is 3.48. The van der Waals surface area contributed by atoms with Crippen LogP contribution in [0.5, 0.6) is 5.75 Å². The number of pyridine rings is 1. The van der Waals surface area contributed by atoms with Gasteiger partial charge in [0.25, 0.3) is 5.56 Å². The number of hydrogen-bond acceptors (Lipinski definition) is 3. The van der Waals surface area contributed by atoms with E-state index >= 15 is 4.39 Å². The highest BCUT2D eigenvalue weighted by atomic mass is 19.1. The second-order valence-electron chi connectivity index (χ2n) is 8.70. The fraction of sp³-hybridized carbons (Fsp3) is 0.207. The van der Waals surface area contributed by atoms with Crippen LogP contribution in [0.3, 0.4) is 0 Å². The van der Waals surface area contributed by atoms with Crippen LogP contribution in [-0.2, 0) is 13.0 Å². The molecule has 0 saturated heterocycles. The van der Waals surface area contributed by atoms with Gasteiger partial charge >= 0.3 is 0 Å². The Kier molecular flexibility index (Phi) is 7.31. The van der Waals surface area contributed by atoms with Gasteiger partial charge in [0, 0.05) is 35.8 Å². The Bertz CT molecular complexity index is 1450. The fourth-order valence-corrected chi connectivity index (χ4v) is 4.57. The number of rotatable bonds is 7. The second kappa shape index (κ2) is 10.4. The average molecular weight is 493 g/mol. The number of benzene rings is 3. The molecular formula is C29H27F3N2O2. The molecule has 0 bridgehead atoms. The zero-order valence-corrected chi connectivity index (χ0v) is 20.3. The smallest absolute Gasteiger partial charge is 0.259 e. The molecule has 1 unspecified atom stereocenters. The molecular weight excluding hydrogens is 465 g/mol. The third-order valence-electron chi connectivity index (χ3n) is 6.60. The summed E-state index contributed by atoms with van der Waals surface area (Å²) in [7, 11) is 1.34. The van der Waals surface area contributed by atoms with E-state index in [1.165, 1.54) is 42.0 Å². The first-order chi connectivity index (χ1) is 17.2. The topological polar surface area (TPSA) is 57.2 Å². The highest BCUT2D eigenvalue weighted by Gasteiger charge is 2.24. The van der Waals surface area contributed by atoms with Crippen LogP contribution in [-0.4, -0.2) is 11.7 Å². The molecule has 186 valence electrons. The number of aromatic nitrogens is 1. The first-order valence-electron chi connectivity index (χ1n) is 11.5. The maximum absolute atomic E-state index is 15.3. The van der Waals surface area contributed by atoms with Gasteiger partial charge in [-0.3, -0.25) is 4.79 Å². The Morgan fingerprint density at radius 2 is 1.53 bits per heavy atom. The summed E-state index contributed by atoms with van der Waals surface area (Å²) in [6, 6.07) is 17.0. The van der Waals surface area contributed by atoms with E-state index in [9.17, 15) is 13.6 Å². The standard InChI is InChI=1S/C29H27F3N2O2/c1-17-21(15-22-23(30)12-8-13-24(22)31)18(2)34(16-25(33)19-9-5-4-6-10-19)29(35)27(17)20-11-7-14-26(36-3)28(20)32/h4-14,25H,15-16,33H2,1-3H3. The minimum atomic E-state index is -0.693. The van der Waals surface area contributed by atoms with Gasteiger partial charge in [0.05, 0.1) is 12.7 Å². The summed E-state index contributed by atoms with van der Waals surface area (Å²) in [4.78, 5) is 13.8. The summed E-state index contributed by atoms with van der Waals surface area (Å²) < 4.78 is 51.1. The predicted molar refractivity (Wildman–Crippen MR) is 135 cm³/mol. The lowest BCUT2D eigenvalue weighted by Gasteiger charge is -2.23. The van der Waals surface area contributed by atoms with Gasteiger partial charge in [0.2, 0.25) is 0 Å². The molecule has 0 aliphatic heterocycles. The lowest BCUT2D eigenvalue weighted by Crippen LogP contribution is -2.31. The number of nitrogens with zero attached hydrogens (tertiary/aromatic N) is 1. The van der Waals surface area contributed by atoms with E-state index < -0.39 is 29.1 Å². The molecule has 0 saturated carbocycles. The second-order valence-corrected chi connectivity index (χ2v) is 8.70. The molecule has 0 radical (unpaired) electrons. The van der Waals surface area contributed by atoms with E-state index in [-0.39, 0.29) is 35.4 Å². The molecule has 0 aliphatic carbocycles. The van der Waals surface area contributed by atoms with E-state index in [4.69, 9.17) is 10.5 Å². The molecule has 0 spiro atoms. The SMILES string of the molecule is COc1cccc(-c2c(C)c(Cc3c(F)cccc3F)c(C)n(CC(N)c3ccccc3)c2=O)c1F. The summed E-state index contributed by atoms with van der Waals surface area (Å²) in [5, 5.41) is 0. The highest BCUT2D eigenvalue weighted by molar-refractivity contribution is 5.70. The quantitative estimate of drug-likeness (QED) is 0.352. The van der Waals surface area contributed by atoms with Crippen molar-refractivity contribution in [3.63, 3.8) is 0 Å². The average Bonchev–Trinajstić information content (AvgIpc) is 2.87. The Morgan fingerprint density at radius 1 is 0.889 bits per heavy atom. The van der Waals surface area contributed by atoms with Crippen LogP contribution in [0.15, 0.2) is 71.5 Å². The van der Waals surface area contributed by atoms with Crippen molar-refractivity contribution in [3.8, 4) is 16.9 Å². The van der Waals surface area contributed by atoms with Crippen molar-refractivity contribution in [1.29, 1.82) is 0 Å². The molecule has 4 aromatic rings. The van der Waals surface area contributed by atoms with Gasteiger partial charge in [-0.25, -0.2) is 13.2 Å². The van der Waals surface area contributed by atoms with Crippen LogP contribution in [0.4, 0.5) is 13.2 Å². The Labute approximate surface area is 207 Å². The number of hydrogen-bond donors (Lipinski definition) is 1. The van der Waals surface area contributed by atoms with Gasteiger partial charge in [0.1, 0.15) is 11.6 Å². The zero-order valence-electron chi connectivity index (χ0n) is 20.3. The van der Waals surface area contributed by atoms with Gasteiger partial charge in [-0.1, -0.05) is 48.5 Å². The summed E-state index contributed by atoms with van der Waals surface area (Å²) in [5.41, 5.74) is 8.32. The molecule has 3 aromatic carbocycles. The minimum absolute atomic E-state index is 0.0129. The van der Waals surface area contributed by atoms with E-state index in [0.29, 0.717) is 16.8 Å². The number of nitrogens with two attached hydrogens (primary N) is 1. The molecule has 0 amide bonds. The number of halogens is 3. The Balaban J connectivity index is 1.96. The van der Waals surface area contributed by atoms with Crippen molar-refractivity contribution in [2.45, 2.75) is 32.9 Å². The Hall–Kier alpha value is -3.84. The van der Waals surface area contributed by atoms with Crippen molar-refractivity contribution >= 4 is 0 Å². The summed E-state index contributed by atoms with van der Waals surface area (Å²) >= 11 is 0. The molecule has 4 rings (SSSR count). The predicted octanol–water partition coefficient (Wildman–Crippen LogP) is 5.85. The van der Waals surface area contributed by atoms with E-state index in [1.807, 2.05) is 30.3 Å². The van der Waals surface area contributed by atoms with Gasteiger partial charge in [-0.05, 0) is 48.7 Å². The molecule has 4 nitrogen and oxygen atoms in total. The first-order valence-corrected chi connectivity index (χ1v) is 11.5. The fourth-order valence-electron chi connectivity index (χ4n) is 4.57. The maximum atomic E-state index is 15.3. The normalized spacial score (nSPS) is 12.0. The van der Waals surface area contributed by atoms with Crippen molar-refractivity contribution in [1.82, 2.24) is 4.57 Å². The molecule has 2 N–H and O–H groups in total. The van der Waals surface area contributed by atoms with Gasteiger partial charge in [-0.15, -0.1) is 0 Å². The van der Waals surface area contributed by atoms with Crippen molar-refractivity contribution < 1.29 is 17.9 Å². The molecule has 36 heavy (non-hydrogen) atoms. The van der Waals surface area contributed by atoms with Crippen molar-refractivity contribution in [2.24, 2.45) is 5.73 Å². The van der Waals surface area contributed by atoms with Gasteiger partial charge in [-0.2, -0.15) is 0 Å². The van der Waals surface area contributed by atoms with Crippen LogP contribution in [0.1, 0.15) is 34.0 Å². The van der Waals surface area contributed by atoms with Gasteiger partial charge < -0.3 is 15.0 Å². The van der Waals surface area contributed by atoms with Crippen LogP contribution in [0, 0.1) is 31.3 Å². The van der Waals surface area contributed by atoms with Gasteiger partial charge in [0.15, 0.2) is 11.6 Å². The number of ether oxygens (including phenoxy) is 1. The molecule has 1 aromatic heterocycles. The highest BCUT2D eigenvalue weighted by Crippen LogP contribution is 2.33. The first kappa shape index (κ1) is 25.3. The van der Waals surface area contributed by atoms with Crippen LogP contribution >= 0.6 is 0 Å². The van der Waals surface area contributed by atoms with Crippen molar-refractivity contribution in [3.05, 3.63) is 122 Å². The third kappa shape index (κ3) is 4.66. The lowest BCUT2D eigenvalue weighted by atomic mass is 9.91. The molecule has 0 fully saturated rings. The van der Waals surface area contributed by atoms with Crippen molar-refractivity contribution in [2.75, 3.05) is 7.11 Å². The lowest BCUT2D eigenvalue weighted by molar-refractivity contribution is 0.387. The van der Waals surface area contributed by atoms with Crippen LogP contribution in [0.25, 0.3) is 11.1 Å². The third-order valence-corrected chi connectivity index (χ3v) is 6.60. The molecule has 1 heterocycles. The monoisotopic (exact) mass is 492 g/mol. The number of methoxy groups -OCH3 is 1. The van der Waals surface area contributed by atoms with E-state index in [2.05, 4.69) is 0 Å². The summed E-state index contributed by atoms with van der Waals surface area (Å²) in [5.74, 6) is -2.09. The van der Waals surface area contributed by atoms with Crippen LogP contribution in [0.2, 0.25) is 0 Å². The molecule has 1 atom stereocenters. The summed E-state index contributed by atoms with van der Waals surface area (Å²) in [6.07, 6.45) is -0.115.